The number of carbonyl (C=O) groups excluding carboxylic acids is 2. The van der Waals surface area contributed by atoms with Crippen LogP contribution in [0.15, 0.2) is 42.5 Å². The number of anilines is 2. The molecule has 2 amide bonds. The Morgan fingerprint density at radius 2 is 1.86 bits per heavy atom. The highest BCUT2D eigenvalue weighted by molar-refractivity contribution is 6.00. The van der Waals surface area contributed by atoms with Gasteiger partial charge >= 0.3 is 0 Å². The number of benzene rings is 2. The second-order valence-corrected chi connectivity index (χ2v) is 7.42. The largest absolute Gasteiger partial charge is 0.497 e. The smallest absolute Gasteiger partial charge is 0.262 e. The second kappa shape index (κ2) is 8.43. The van der Waals surface area contributed by atoms with Crippen molar-refractivity contribution in [2.75, 3.05) is 37.1 Å². The number of carbonyl (C=O) groups is 2. The van der Waals surface area contributed by atoms with Crippen molar-refractivity contribution in [3.63, 3.8) is 0 Å². The Morgan fingerprint density at radius 1 is 1.17 bits per heavy atom. The molecular formula is C22H26N2O5. The number of nitrogens with one attached hydrogen (secondary N) is 1. The first-order valence-electron chi connectivity index (χ1n) is 9.49. The molecule has 0 radical (unpaired) electrons. The molecule has 0 spiro atoms. The summed E-state index contributed by atoms with van der Waals surface area (Å²) in [5, 5.41) is 2.80. The van der Waals surface area contributed by atoms with Gasteiger partial charge in [0.05, 0.1) is 18.2 Å². The van der Waals surface area contributed by atoms with Crippen molar-refractivity contribution < 1.29 is 23.8 Å². The van der Waals surface area contributed by atoms with E-state index in [1.165, 1.54) is 0 Å². The van der Waals surface area contributed by atoms with Gasteiger partial charge in [0, 0.05) is 18.3 Å². The highest BCUT2D eigenvalue weighted by Gasteiger charge is 2.37. The normalized spacial score (nSPS) is 15.0. The van der Waals surface area contributed by atoms with E-state index in [-0.39, 0.29) is 25.0 Å². The number of ether oxygens (including phenoxy) is 3. The maximum absolute atomic E-state index is 12.7. The van der Waals surface area contributed by atoms with Crippen LogP contribution in [0.25, 0.3) is 0 Å². The van der Waals surface area contributed by atoms with Crippen LogP contribution in [-0.4, -0.2) is 38.7 Å². The van der Waals surface area contributed by atoms with Crippen molar-refractivity contribution in [1.29, 1.82) is 0 Å². The van der Waals surface area contributed by atoms with E-state index < -0.39 is 5.41 Å². The number of rotatable bonds is 6. The molecule has 0 saturated carbocycles. The van der Waals surface area contributed by atoms with Crippen molar-refractivity contribution in [3.05, 3.63) is 42.5 Å². The Bertz CT molecular complexity index is 893. The molecule has 0 bridgehead atoms. The number of nitrogens with zero attached hydrogens (tertiary/aromatic N) is 1. The van der Waals surface area contributed by atoms with Gasteiger partial charge in [-0.1, -0.05) is 0 Å². The summed E-state index contributed by atoms with van der Waals surface area (Å²) in [6, 6.07) is 12.3. The van der Waals surface area contributed by atoms with Crippen LogP contribution in [0.5, 0.6) is 17.2 Å². The zero-order valence-electron chi connectivity index (χ0n) is 17.2. The topological polar surface area (TPSA) is 77.1 Å². The number of hydrogen-bond donors (Lipinski definition) is 1. The SMILES string of the molecule is CCN1C(=O)C(C)(C)COc2cc(NC(=O)COc3ccc(OC)cc3)ccc21. The summed E-state index contributed by atoms with van der Waals surface area (Å²) in [4.78, 5) is 26.7. The molecule has 29 heavy (non-hydrogen) atoms. The van der Waals surface area contributed by atoms with Crippen LogP contribution in [0.2, 0.25) is 0 Å². The fraction of sp³-hybridized carbons (Fsp3) is 0.364. The first-order valence-corrected chi connectivity index (χ1v) is 9.49. The summed E-state index contributed by atoms with van der Waals surface area (Å²) in [6.07, 6.45) is 0. The molecule has 3 rings (SSSR count). The molecule has 0 fully saturated rings. The molecule has 7 heteroatoms. The highest BCUT2D eigenvalue weighted by Crippen LogP contribution is 2.38. The third-order valence-corrected chi connectivity index (χ3v) is 4.69. The Labute approximate surface area is 170 Å². The van der Waals surface area contributed by atoms with Crippen LogP contribution in [0.3, 0.4) is 0 Å². The van der Waals surface area contributed by atoms with Crippen molar-refractivity contribution in [3.8, 4) is 17.2 Å². The maximum Gasteiger partial charge on any atom is 0.262 e. The van der Waals surface area contributed by atoms with Gasteiger partial charge in [0.1, 0.15) is 23.9 Å². The molecule has 2 aromatic rings. The minimum absolute atomic E-state index is 0.0171. The molecule has 1 aliphatic rings. The fourth-order valence-corrected chi connectivity index (χ4v) is 3.06. The van der Waals surface area contributed by atoms with Crippen LogP contribution in [0.4, 0.5) is 11.4 Å². The lowest BCUT2D eigenvalue weighted by molar-refractivity contribution is -0.127. The lowest BCUT2D eigenvalue weighted by Gasteiger charge is -2.26. The lowest BCUT2D eigenvalue weighted by atomic mass is 9.93. The Morgan fingerprint density at radius 3 is 2.52 bits per heavy atom. The molecule has 1 aliphatic heterocycles. The van der Waals surface area contributed by atoms with E-state index in [4.69, 9.17) is 14.2 Å². The lowest BCUT2D eigenvalue weighted by Crippen LogP contribution is -2.42. The number of fused-ring (bicyclic) bond motifs is 1. The predicted molar refractivity (Wildman–Crippen MR) is 111 cm³/mol. The van der Waals surface area contributed by atoms with Crippen LogP contribution in [-0.2, 0) is 9.59 Å². The quantitative estimate of drug-likeness (QED) is 0.806. The molecule has 0 aromatic heterocycles. The molecule has 7 nitrogen and oxygen atoms in total. The van der Waals surface area contributed by atoms with Gasteiger partial charge in [-0.25, -0.2) is 0 Å². The molecule has 0 saturated heterocycles. The third kappa shape index (κ3) is 4.62. The van der Waals surface area contributed by atoms with Gasteiger partial charge in [0.2, 0.25) is 5.91 Å². The Kier molecular flexibility index (Phi) is 5.96. The summed E-state index contributed by atoms with van der Waals surface area (Å²) in [5.41, 5.74) is 0.663. The van der Waals surface area contributed by atoms with E-state index in [0.29, 0.717) is 29.4 Å². The number of amides is 2. The zero-order valence-corrected chi connectivity index (χ0v) is 17.2. The molecule has 0 unspecified atom stereocenters. The Balaban J connectivity index is 1.67. The maximum atomic E-state index is 12.7. The van der Waals surface area contributed by atoms with Gasteiger partial charge in [-0.15, -0.1) is 0 Å². The monoisotopic (exact) mass is 398 g/mol. The minimum atomic E-state index is -0.620. The van der Waals surface area contributed by atoms with Crippen LogP contribution < -0.4 is 24.4 Å². The van der Waals surface area contributed by atoms with Crippen molar-refractivity contribution in [2.45, 2.75) is 20.8 Å². The van der Waals surface area contributed by atoms with E-state index in [1.54, 1.807) is 54.5 Å². The van der Waals surface area contributed by atoms with Gasteiger partial charge in [0.15, 0.2) is 6.61 Å². The zero-order chi connectivity index (χ0) is 21.0. The van der Waals surface area contributed by atoms with Gasteiger partial charge in [-0.3, -0.25) is 9.59 Å². The minimum Gasteiger partial charge on any atom is -0.497 e. The molecule has 1 heterocycles. The third-order valence-electron chi connectivity index (χ3n) is 4.69. The van der Waals surface area contributed by atoms with Crippen molar-refractivity contribution in [1.82, 2.24) is 0 Å². The fourth-order valence-electron chi connectivity index (χ4n) is 3.06. The number of methoxy groups -OCH3 is 1. The Hall–Kier alpha value is -3.22. The van der Waals surface area contributed by atoms with Gasteiger partial charge in [-0.2, -0.15) is 0 Å². The van der Waals surface area contributed by atoms with Crippen molar-refractivity contribution >= 4 is 23.2 Å². The molecular weight excluding hydrogens is 372 g/mol. The van der Waals surface area contributed by atoms with Crippen LogP contribution in [0.1, 0.15) is 20.8 Å². The summed E-state index contributed by atoms with van der Waals surface area (Å²) in [6.45, 7) is 6.34. The molecule has 0 aliphatic carbocycles. The van der Waals surface area contributed by atoms with Crippen LogP contribution >= 0.6 is 0 Å². The van der Waals surface area contributed by atoms with E-state index in [9.17, 15) is 9.59 Å². The van der Waals surface area contributed by atoms with Crippen molar-refractivity contribution in [2.24, 2.45) is 5.41 Å². The van der Waals surface area contributed by atoms with E-state index in [1.807, 2.05) is 20.8 Å². The number of hydrogen-bond acceptors (Lipinski definition) is 5. The first kappa shape index (κ1) is 20.5. The summed E-state index contributed by atoms with van der Waals surface area (Å²) in [5.74, 6) is 1.58. The van der Waals surface area contributed by atoms with E-state index >= 15 is 0 Å². The molecule has 0 atom stereocenters. The van der Waals surface area contributed by atoms with E-state index in [2.05, 4.69) is 5.32 Å². The first-order chi connectivity index (χ1) is 13.8. The van der Waals surface area contributed by atoms with Gasteiger partial charge in [0.25, 0.3) is 5.91 Å². The average molecular weight is 398 g/mol. The van der Waals surface area contributed by atoms with Gasteiger partial charge < -0.3 is 24.4 Å². The predicted octanol–water partition coefficient (Wildman–Crippen LogP) is 3.48. The molecule has 2 aromatic carbocycles. The highest BCUT2D eigenvalue weighted by atomic mass is 16.5. The summed E-state index contributed by atoms with van der Waals surface area (Å²) >= 11 is 0. The summed E-state index contributed by atoms with van der Waals surface area (Å²) < 4.78 is 16.5. The average Bonchev–Trinajstić information content (AvgIpc) is 2.81. The standard InChI is InChI=1S/C22H26N2O5/c1-5-24-18-11-6-15(12-19(18)29-14-22(2,3)21(24)26)23-20(25)13-28-17-9-7-16(27-4)8-10-17/h6-12H,5,13-14H2,1-4H3,(H,23,25). The van der Waals surface area contributed by atoms with E-state index in [0.717, 1.165) is 5.75 Å². The van der Waals surface area contributed by atoms with Crippen LogP contribution in [0, 0.1) is 5.41 Å². The molecule has 154 valence electrons. The van der Waals surface area contributed by atoms with Gasteiger partial charge in [-0.05, 0) is 57.2 Å². The summed E-state index contributed by atoms with van der Waals surface area (Å²) in [7, 11) is 1.59. The molecule has 1 N–H and O–H groups in total. The second-order valence-electron chi connectivity index (χ2n) is 7.42.